The molecule has 1 aromatic carbocycles. The number of hydrogen-bond donors (Lipinski definition) is 2. The molecule has 0 saturated carbocycles. The number of aliphatic carboxylic acids is 2. The Hall–Kier alpha value is -1.91. The van der Waals surface area contributed by atoms with E-state index in [4.69, 9.17) is 10.2 Å². The second-order valence-corrected chi connectivity index (χ2v) is 3.92. The molecule has 0 amide bonds. The molecule has 0 atom stereocenters. The molecule has 1 rings (SSSR count). The van der Waals surface area contributed by atoms with Gasteiger partial charge < -0.3 is 10.2 Å². The zero-order chi connectivity index (χ0) is 13.0. The summed E-state index contributed by atoms with van der Waals surface area (Å²) in [6.07, 6.45) is -0.792. The molecule has 1 aromatic rings. The fourth-order valence-electron chi connectivity index (χ4n) is 1.69. The molecule has 92 valence electrons. The van der Waals surface area contributed by atoms with Crippen molar-refractivity contribution < 1.29 is 24.2 Å². The van der Waals surface area contributed by atoms with E-state index in [2.05, 4.69) is 0 Å². The predicted molar refractivity (Wildman–Crippen MR) is 58.4 cm³/mol. The molecule has 0 heterocycles. The van der Waals surface area contributed by atoms with Crippen molar-refractivity contribution in [3.8, 4) is 0 Å². The largest absolute Gasteiger partial charge is 0.481 e. The molecule has 0 unspecified atom stereocenters. The maximum Gasteiger partial charge on any atom is 0.303 e. The zero-order valence-electron chi connectivity index (χ0n) is 9.31. The molecule has 5 heteroatoms. The highest BCUT2D eigenvalue weighted by Crippen LogP contribution is 2.27. The number of carbonyl (C=O) groups is 2. The fraction of sp³-hybridized carbons (Fsp3) is 0.333. The average molecular weight is 240 g/mol. The van der Waals surface area contributed by atoms with Crippen molar-refractivity contribution in [1.82, 2.24) is 0 Å². The molecule has 0 aromatic heterocycles. The van der Waals surface area contributed by atoms with Crippen LogP contribution in [-0.2, 0) is 9.59 Å². The fourth-order valence-corrected chi connectivity index (χ4v) is 1.69. The third kappa shape index (κ3) is 3.86. The van der Waals surface area contributed by atoms with E-state index in [0.717, 1.165) is 5.56 Å². The van der Waals surface area contributed by atoms with Crippen LogP contribution >= 0.6 is 0 Å². The topological polar surface area (TPSA) is 74.6 Å². The van der Waals surface area contributed by atoms with Gasteiger partial charge in [0.15, 0.2) is 0 Å². The van der Waals surface area contributed by atoms with E-state index in [9.17, 15) is 14.0 Å². The van der Waals surface area contributed by atoms with Gasteiger partial charge in [0.05, 0.1) is 12.8 Å². The van der Waals surface area contributed by atoms with E-state index in [1.807, 2.05) is 0 Å². The van der Waals surface area contributed by atoms with Crippen LogP contribution in [0.3, 0.4) is 0 Å². The van der Waals surface area contributed by atoms with E-state index in [1.165, 1.54) is 12.1 Å². The van der Waals surface area contributed by atoms with Crippen LogP contribution in [0.15, 0.2) is 18.2 Å². The van der Waals surface area contributed by atoms with Crippen LogP contribution in [0.1, 0.15) is 29.9 Å². The summed E-state index contributed by atoms with van der Waals surface area (Å²) in [5.74, 6) is -3.69. The van der Waals surface area contributed by atoms with Gasteiger partial charge in [-0.05, 0) is 18.6 Å². The third-order valence-electron chi connectivity index (χ3n) is 2.43. The molecule has 0 spiro atoms. The lowest BCUT2D eigenvalue weighted by atomic mass is 9.91. The Kier molecular flexibility index (Phi) is 4.20. The Balaban J connectivity index is 3.06. The quantitative estimate of drug-likeness (QED) is 0.827. The Labute approximate surface area is 97.7 Å². The van der Waals surface area contributed by atoms with Gasteiger partial charge in [-0.1, -0.05) is 17.7 Å². The highest BCUT2D eigenvalue weighted by molar-refractivity contribution is 5.72. The van der Waals surface area contributed by atoms with Gasteiger partial charge in [-0.15, -0.1) is 0 Å². The standard InChI is InChI=1S/C12H13FO4/c1-7-2-3-10(13)9(4-7)8(5-11(14)15)6-12(16)17/h2-4,8H,5-6H2,1H3,(H,14,15)(H,16,17). The summed E-state index contributed by atoms with van der Waals surface area (Å²) in [5, 5.41) is 17.4. The highest BCUT2D eigenvalue weighted by Gasteiger charge is 2.22. The first-order valence-corrected chi connectivity index (χ1v) is 5.09. The number of aryl methyl sites for hydroxylation is 1. The van der Waals surface area contributed by atoms with Crippen molar-refractivity contribution in [3.05, 3.63) is 35.1 Å². The number of benzene rings is 1. The van der Waals surface area contributed by atoms with Crippen LogP contribution in [-0.4, -0.2) is 22.2 Å². The van der Waals surface area contributed by atoms with Gasteiger partial charge in [0.1, 0.15) is 5.82 Å². The smallest absolute Gasteiger partial charge is 0.303 e. The first kappa shape index (κ1) is 13.2. The van der Waals surface area contributed by atoms with Crippen LogP contribution < -0.4 is 0 Å². The number of rotatable bonds is 5. The van der Waals surface area contributed by atoms with Crippen molar-refractivity contribution in [3.63, 3.8) is 0 Å². The molecule has 0 fully saturated rings. The van der Waals surface area contributed by atoms with Crippen molar-refractivity contribution in [2.45, 2.75) is 25.7 Å². The van der Waals surface area contributed by atoms with Crippen LogP contribution in [0.4, 0.5) is 4.39 Å². The van der Waals surface area contributed by atoms with E-state index in [-0.39, 0.29) is 5.56 Å². The molecule has 0 radical (unpaired) electrons. The average Bonchev–Trinajstić information content (AvgIpc) is 2.19. The molecule has 2 N–H and O–H groups in total. The van der Waals surface area contributed by atoms with Gasteiger partial charge >= 0.3 is 11.9 Å². The number of hydrogen-bond acceptors (Lipinski definition) is 2. The van der Waals surface area contributed by atoms with Crippen molar-refractivity contribution in [2.24, 2.45) is 0 Å². The Bertz CT molecular complexity index is 426. The van der Waals surface area contributed by atoms with Gasteiger partial charge in [0, 0.05) is 5.92 Å². The van der Waals surface area contributed by atoms with Crippen molar-refractivity contribution in [2.75, 3.05) is 0 Å². The van der Waals surface area contributed by atoms with E-state index in [1.54, 1.807) is 13.0 Å². The first-order chi connectivity index (χ1) is 7.90. The Morgan fingerprint density at radius 2 is 1.76 bits per heavy atom. The second kappa shape index (κ2) is 5.43. The van der Waals surface area contributed by atoms with Crippen LogP contribution in [0, 0.1) is 12.7 Å². The summed E-state index contributed by atoms with van der Waals surface area (Å²) in [7, 11) is 0. The Morgan fingerprint density at radius 1 is 1.24 bits per heavy atom. The SMILES string of the molecule is Cc1ccc(F)c(C(CC(=O)O)CC(=O)O)c1. The van der Waals surface area contributed by atoms with Gasteiger partial charge in [-0.3, -0.25) is 9.59 Å². The monoisotopic (exact) mass is 240 g/mol. The summed E-state index contributed by atoms with van der Waals surface area (Å²) in [6.45, 7) is 1.74. The number of carboxylic acid groups (broad SMARTS) is 2. The molecule has 0 aliphatic heterocycles. The molecular weight excluding hydrogens is 227 g/mol. The third-order valence-corrected chi connectivity index (χ3v) is 2.43. The molecule has 4 nitrogen and oxygen atoms in total. The summed E-state index contributed by atoms with van der Waals surface area (Å²) in [6, 6.07) is 4.27. The lowest BCUT2D eigenvalue weighted by Crippen LogP contribution is -2.12. The lowest BCUT2D eigenvalue weighted by molar-refractivity contribution is -0.139. The van der Waals surface area contributed by atoms with Crippen LogP contribution in [0.25, 0.3) is 0 Å². The van der Waals surface area contributed by atoms with Crippen molar-refractivity contribution >= 4 is 11.9 Å². The second-order valence-electron chi connectivity index (χ2n) is 3.92. The summed E-state index contributed by atoms with van der Waals surface area (Å²) >= 11 is 0. The van der Waals surface area contributed by atoms with Gasteiger partial charge in [0.25, 0.3) is 0 Å². The van der Waals surface area contributed by atoms with Gasteiger partial charge in [-0.2, -0.15) is 0 Å². The van der Waals surface area contributed by atoms with Gasteiger partial charge in [0.2, 0.25) is 0 Å². The molecule has 0 bridgehead atoms. The molecule has 0 aliphatic carbocycles. The number of halogens is 1. The van der Waals surface area contributed by atoms with Crippen LogP contribution in [0.5, 0.6) is 0 Å². The van der Waals surface area contributed by atoms with Crippen LogP contribution in [0.2, 0.25) is 0 Å². The summed E-state index contributed by atoms with van der Waals surface area (Å²) in [5.41, 5.74) is 0.914. The maximum absolute atomic E-state index is 13.5. The van der Waals surface area contributed by atoms with Crippen molar-refractivity contribution in [1.29, 1.82) is 0 Å². The minimum atomic E-state index is -1.14. The summed E-state index contributed by atoms with van der Waals surface area (Å²) < 4.78 is 13.5. The molecule has 0 aliphatic rings. The Morgan fingerprint density at radius 3 is 2.24 bits per heavy atom. The minimum absolute atomic E-state index is 0.148. The minimum Gasteiger partial charge on any atom is -0.481 e. The van der Waals surface area contributed by atoms with E-state index in [0.29, 0.717) is 0 Å². The van der Waals surface area contributed by atoms with E-state index >= 15 is 0 Å². The summed E-state index contributed by atoms with van der Waals surface area (Å²) in [4.78, 5) is 21.3. The lowest BCUT2D eigenvalue weighted by Gasteiger charge is -2.14. The highest BCUT2D eigenvalue weighted by atomic mass is 19.1. The maximum atomic E-state index is 13.5. The van der Waals surface area contributed by atoms with Gasteiger partial charge in [-0.25, -0.2) is 4.39 Å². The molecule has 0 saturated heterocycles. The predicted octanol–water partition coefficient (Wildman–Crippen LogP) is 2.17. The normalized spacial score (nSPS) is 10.5. The molecule has 17 heavy (non-hydrogen) atoms. The number of carboxylic acids is 2. The molecular formula is C12H13FO4. The first-order valence-electron chi connectivity index (χ1n) is 5.09. The van der Waals surface area contributed by atoms with E-state index < -0.39 is 36.5 Å². The zero-order valence-corrected chi connectivity index (χ0v) is 9.31.